The largest absolute Gasteiger partial charge is 0.457 e. The molecule has 7 N–H and O–H groups in total. The lowest BCUT2D eigenvalue weighted by Crippen LogP contribution is -2.61. The Morgan fingerprint density at radius 3 is 1.48 bits per heavy atom. The molecule has 0 amide bonds. The van der Waals surface area contributed by atoms with Gasteiger partial charge in [-0.3, -0.25) is 4.79 Å². The summed E-state index contributed by atoms with van der Waals surface area (Å²) in [5.74, 6) is -0.393. The molecule has 0 bridgehead atoms. The van der Waals surface area contributed by atoms with Crippen LogP contribution in [0.25, 0.3) is 0 Å². The molecule has 390 valence electrons. The van der Waals surface area contributed by atoms with Gasteiger partial charge in [-0.05, 0) is 70.6 Å². The zero-order valence-electron chi connectivity index (χ0n) is 41.4. The summed E-state index contributed by atoms with van der Waals surface area (Å²) in [6, 6.07) is 0. The number of esters is 1. The zero-order chi connectivity index (χ0) is 48.7. The van der Waals surface area contributed by atoms with Gasteiger partial charge in [0.2, 0.25) is 0 Å². The number of carbonyl (C=O) groups is 1. The summed E-state index contributed by atoms with van der Waals surface area (Å²) in [4.78, 5) is 13.0. The van der Waals surface area contributed by atoms with Crippen LogP contribution >= 0.6 is 0 Å². The van der Waals surface area contributed by atoms with Gasteiger partial charge >= 0.3 is 5.97 Å². The Morgan fingerprint density at radius 1 is 0.493 bits per heavy atom. The van der Waals surface area contributed by atoms with E-state index >= 15 is 0 Å². The highest BCUT2D eigenvalue weighted by atomic mass is 16.7. The van der Waals surface area contributed by atoms with Crippen LogP contribution in [0.3, 0.4) is 0 Å². The zero-order valence-corrected chi connectivity index (χ0v) is 41.4. The minimum absolute atomic E-state index is 0.0508. The molecule has 2 saturated heterocycles. The number of aliphatic hydroxyl groups excluding tert-OH is 7. The minimum atomic E-state index is -1.71. The summed E-state index contributed by atoms with van der Waals surface area (Å²) in [5, 5.41) is 72.1. The van der Waals surface area contributed by atoms with Crippen molar-refractivity contribution in [2.75, 3.05) is 33.0 Å². The van der Waals surface area contributed by atoms with Crippen LogP contribution in [-0.4, -0.2) is 142 Å². The van der Waals surface area contributed by atoms with Crippen LogP contribution < -0.4 is 0 Å². The third-order valence-electron chi connectivity index (χ3n) is 12.3. The lowest BCUT2D eigenvalue weighted by atomic mass is 9.98. The van der Waals surface area contributed by atoms with Gasteiger partial charge in [0.25, 0.3) is 0 Å². The Balaban J connectivity index is 1.76. The average Bonchev–Trinajstić information content (AvgIpc) is 3.32. The maximum atomic E-state index is 13.0. The molecule has 11 atom stereocenters. The third-order valence-corrected chi connectivity index (χ3v) is 12.3. The Bertz CT molecular complexity index is 1290. The Kier molecular flexibility index (Phi) is 37.1. The van der Waals surface area contributed by atoms with Gasteiger partial charge < -0.3 is 64.2 Å². The Labute approximate surface area is 403 Å². The SMILES string of the molecule is CCCC/C=C\C/C=C\CCCCCCCC(=O)OC(COCCCCCCCCCC/C=C\C/C=C\CCCCCC)COC1OC(COC2OC(CO)C(O)C(O)C2O)C(O)C(O)C1O. The fourth-order valence-electron chi connectivity index (χ4n) is 7.98. The van der Waals surface area contributed by atoms with Crippen molar-refractivity contribution in [3.63, 3.8) is 0 Å². The molecule has 0 saturated carbocycles. The quantitative estimate of drug-likeness (QED) is 0.0176. The molecular weight excluding hydrogens is 861 g/mol. The van der Waals surface area contributed by atoms with Crippen molar-refractivity contribution in [3.8, 4) is 0 Å². The first kappa shape index (κ1) is 61.1. The summed E-state index contributed by atoms with van der Waals surface area (Å²) >= 11 is 0. The van der Waals surface area contributed by atoms with E-state index in [4.69, 9.17) is 28.4 Å². The number of ether oxygens (including phenoxy) is 6. The summed E-state index contributed by atoms with van der Waals surface area (Å²) in [5.41, 5.74) is 0. The van der Waals surface area contributed by atoms with Crippen LogP contribution in [0.4, 0.5) is 0 Å². The van der Waals surface area contributed by atoms with Crippen LogP contribution in [0, 0.1) is 0 Å². The third kappa shape index (κ3) is 28.4. The predicted molar refractivity (Wildman–Crippen MR) is 261 cm³/mol. The van der Waals surface area contributed by atoms with Gasteiger partial charge in [-0.1, -0.05) is 152 Å². The number of hydrogen-bond acceptors (Lipinski definition) is 14. The van der Waals surface area contributed by atoms with Gasteiger partial charge in [0, 0.05) is 13.0 Å². The molecule has 67 heavy (non-hydrogen) atoms. The van der Waals surface area contributed by atoms with Crippen molar-refractivity contribution >= 4 is 5.97 Å². The second kappa shape index (κ2) is 40.7. The highest BCUT2D eigenvalue weighted by molar-refractivity contribution is 5.69. The van der Waals surface area contributed by atoms with E-state index in [0.29, 0.717) is 13.0 Å². The number of rotatable bonds is 41. The van der Waals surface area contributed by atoms with Gasteiger partial charge in [0.1, 0.15) is 54.9 Å². The normalized spacial score (nSPS) is 26.5. The maximum Gasteiger partial charge on any atom is 0.306 e. The molecule has 14 heteroatoms. The maximum absolute atomic E-state index is 13.0. The van der Waals surface area contributed by atoms with Crippen molar-refractivity contribution < 1.29 is 69.0 Å². The molecule has 0 aromatic rings. The van der Waals surface area contributed by atoms with Gasteiger partial charge in [-0.15, -0.1) is 0 Å². The van der Waals surface area contributed by atoms with Crippen LogP contribution in [0.5, 0.6) is 0 Å². The molecule has 0 spiro atoms. The highest BCUT2D eigenvalue weighted by Gasteiger charge is 2.47. The highest BCUT2D eigenvalue weighted by Crippen LogP contribution is 2.26. The van der Waals surface area contributed by atoms with Crippen molar-refractivity contribution in [2.45, 2.75) is 248 Å². The standard InChI is InChI=1S/C53H94O14/c1-3-5-7-9-11-13-15-17-19-20-21-22-23-25-27-29-31-33-35-37-62-39-42(65-45(55)36-34-32-30-28-26-24-18-16-14-12-10-8-6-4-2)40-63-52-51(61)49(59)47(57)44(67-52)41-64-53-50(60)48(58)46(56)43(38-54)66-53/h10,12-13,15-16,18-20,42-44,46-54,56-61H,3-9,11,14,17,21-41H2,1-2H3/b12-10-,15-13-,18-16-,20-19-. The van der Waals surface area contributed by atoms with E-state index in [-0.39, 0.29) is 19.6 Å². The number of allylic oxidation sites excluding steroid dienone is 8. The fraction of sp³-hybridized carbons (Fsp3) is 0.830. The van der Waals surface area contributed by atoms with Crippen LogP contribution in [0.2, 0.25) is 0 Å². The van der Waals surface area contributed by atoms with E-state index in [1.54, 1.807) is 0 Å². The monoisotopic (exact) mass is 955 g/mol. The van der Waals surface area contributed by atoms with Crippen LogP contribution in [0.1, 0.15) is 181 Å². The van der Waals surface area contributed by atoms with Crippen molar-refractivity contribution in [3.05, 3.63) is 48.6 Å². The molecule has 2 aliphatic heterocycles. The smallest absolute Gasteiger partial charge is 0.306 e. The van der Waals surface area contributed by atoms with E-state index in [9.17, 15) is 40.5 Å². The molecule has 14 nitrogen and oxygen atoms in total. The van der Waals surface area contributed by atoms with Gasteiger partial charge in [-0.2, -0.15) is 0 Å². The lowest BCUT2D eigenvalue weighted by molar-refractivity contribution is -0.332. The molecular formula is C53H94O14. The van der Waals surface area contributed by atoms with Crippen molar-refractivity contribution in [2.24, 2.45) is 0 Å². The van der Waals surface area contributed by atoms with E-state index in [2.05, 4.69) is 62.5 Å². The first-order chi connectivity index (χ1) is 32.6. The fourth-order valence-corrected chi connectivity index (χ4v) is 7.98. The molecule has 0 aromatic carbocycles. The molecule has 2 fully saturated rings. The van der Waals surface area contributed by atoms with Gasteiger partial charge in [0.05, 0.1) is 26.4 Å². The Hall–Kier alpha value is -2.05. The number of hydrogen-bond donors (Lipinski definition) is 7. The topological polar surface area (TPSA) is 214 Å². The van der Waals surface area contributed by atoms with E-state index in [1.807, 2.05) is 0 Å². The lowest BCUT2D eigenvalue weighted by Gasteiger charge is -2.42. The molecule has 2 rings (SSSR count). The van der Waals surface area contributed by atoms with Gasteiger partial charge in [-0.25, -0.2) is 0 Å². The molecule has 0 radical (unpaired) electrons. The Morgan fingerprint density at radius 2 is 0.940 bits per heavy atom. The predicted octanol–water partition coefficient (Wildman–Crippen LogP) is 7.96. The van der Waals surface area contributed by atoms with Crippen molar-refractivity contribution in [1.29, 1.82) is 0 Å². The van der Waals surface area contributed by atoms with Crippen molar-refractivity contribution in [1.82, 2.24) is 0 Å². The first-order valence-electron chi connectivity index (χ1n) is 26.2. The molecule has 0 aliphatic carbocycles. The number of aliphatic hydroxyl groups is 7. The van der Waals surface area contributed by atoms with Gasteiger partial charge in [0.15, 0.2) is 12.6 Å². The minimum Gasteiger partial charge on any atom is -0.457 e. The molecule has 11 unspecified atom stereocenters. The summed E-state index contributed by atoms with van der Waals surface area (Å²) < 4.78 is 34.3. The molecule has 0 aromatic heterocycles. The summed E-state index contributed by atoms with van der Waals surface area (Å²) in [7, 11) is 0. The second-order valence-electron chi connectivity index (χ2n) is 18.3. The van der Waals surface area contributed by atoms with E-state index in [0.717, 1.165) is 77.0 Å². The summed E-state index contributed by atoms with van der Waals surface area (Å²) in [6.07, 6.45) is 30.2. The first-order valence-corrected chi connectivity index (χ1v) is 26.2. The molecule has 2 aliphatic rings. The van der Waals surface area contributed by atoms with Crippen LogP contribution in [-0.2, 0) is 33.2 Å². The van der Waals surface area contributed by atoms with E-state index < -0.39 is 86.7 Å². The number of unbranched alkanes of at least 4 members (excludes halogenated alkanes) is 19. The second-order valence-corrected chi connectivity index (χ2v) is 18.3. The summed E-state index contributed by atoms with van der Waals surface area (Å²) in [6.45, 7) is 3.59. The van der Waals surface area contributed by atoms with Crippen LogP contribution in [0.15, 0.2) is 48.6 Å². The van der Waals surface area contributed by atoms with E-state index in [1.165, 1.54) is 77.0 Å². The average molecular weight is 955 g/mol. The molecule has 2 heterocycles. The number of carbonyl (C=O) groups excluding carboxylic acids is 1.